The van der Waals surface area contributed by atoms with Gasteiger partial charge in [-0.25, -0.2) is 8.60 Å². The number of halogens is 1. The van der Waals surface area contributed by atoms with Crippen molar-refractivity contribution in [2.24, 2.45) is 0 Å². The van der Waals surface area contributed by atoms with E-state index in [0.717, 1.165) is 11.3 Å². The molecule has 0 spiro atoms. The van der Waals surface area contributed by atoms with Crippen LogP contribution in [0.1, 0.15) is 0 Å². The first-order chi connectivity index (χ1) is 8.08. The van der Waals surface area contributed by atoms with E-state index in [-0.39, 0.29) is 15.3 Å². The van der Waals surface area contributed by atoms with Crippen LogP contribution in [0.4, 0.5) is 4.39 Å². The van der Waals surface area contributed by atoms with Crippen LogP contribution in [0, 0.1) is 5.82 Å². The fourth-order valence-corrected chi connectivity index (χ4v) is 3.11. The van der Waals surface area contributed by atoms with Crippen molar-refractivity contribution in [1.82, 2.24) is 0 Å². The van der Waals surface area contributed by atoms with Crippen LogP contribution in [0.15, 0.2) is 16.3 Å². The van der Waals surface area contributed by atoms with Gasteiger partial charge in [-0.2, -0.15) is 0 Å². The molecule has 1 aromatic heterocycles. The maximum atomic E-state index is 13.9. The number of methoxy groups -OCH3 is 2. The molecule has 7 heteroatoms. The topological polar surface area (TPSA) is 55.8 Å². The normalized spacial score (nSPS) is 12.7. The minimum Gasteiger partial charge on any atom is -0.495 e. The number of thiophene rings is 1. The Hall–Kier alpha value is -1.18. The van der Waals surface area contributed by atoms with Gasteiger partial charge in [-0.05, 0) is 6.07 Å². The van der Waals surface area contributed by atoms with Crippen LogP contribution < -0.4 is 9.47 Å². The van der Waals surface area contributed by atoms with Gasteiger partial charge in [0.05, 0.1) is 18.9 Å². The van der Waals surface area contributed by atoms with Gasteiger partial charge in [0.25, 0.3) is 0 Å². The molecule has 92 valence electrons. The highest BCUT2D eigenvalue weighted by atomic mass is 32.2. The van der Waals surface area contributed by atoms with Crippen LogP contribution in [0.25, 0.3) is 10.1 Å². The van der Waals surface area contributed by atoms with E-state index in [1.807, 2.05) is 0 Å². The van der Waals surface area contributed by atoms with E-state index in [1.54, 1.807) is 0 Å². The maximum absolute atomic E-state index is 13.9. The van der Waals surface area contributed by atoms with Crippen LogP contribution in [-0.2, 0) is 11.1 Å². The Morgan fingerprint density at radius 3 is 2.47 bits per heavy atom. The van der Waals surface area contributed by atoms with E-state index in [4.69, 9.17) is 14.0 Å². The zero-order valence-corrected chi connectivity index (χ0v) is 10.7. The third-order valence-electron chi connectivity index (χ3n) is 2.26. The SMILES string of the molecule is COc1cc(OC)c2sc(S(=O)O)cc2c1F. The standard InChI is InChI=1S/C10H9FO4S2/c1-14-6-4-7(15-2)10-5(9(6)11)3-8(16-10)17(12)13/h3-4H,1-2H3,(H,12,13). The Bertz CT molecular complexity index is 593. The number of rotatable bonds is 3. The monoisotopic (exact) mass is 276 g/mol. The van der Waals surface area contributed by atoms with Gasteiger partial charge < -0.3 is 14.0 Å². The lowest BCUT2D eigenvalue weighted by Gasteiger charge is -2.06. The van der Waals surface area contributed by atoms with Crippen molar-refractivity contribution in [3.05, 3.63) is 17.9 Å². The van der Waals surface area contributed by atoms with Crippen LogP contribution >= 0.6 is 11.3 Å². The van der Waals surface area contributed by atoms with Crippen molar-refractivity contribution < 1.29 is 22.6 Å². The molecule has 0 amide bonds. The number of hydrogen-bond acceptors (Lipinski definition) is 4. The Kier molecular flexibility index (Phi) is 3.32. The molecule has 2 aromatic rings. The molecular formula is C10H9FO4S2. The quantitative estimate of drug-likeness (QED) is 0.876. The van der Waals surface area contributed by atoms with Gasteiger partial charge >= 0.3 is 0 Å². The summed E-state index contributed by atoms with van der Waals surface area (Å²) in [6, 6.07) is 2.74. The minimum atomic E-state index is -2.13. The van der Waals surface area contributed by atoms with Gasteiger partial charge in [0.15, 0.2) is 22.6 Å². The van der Waals surface area contributed by atoms with Gasteiger partial charge in [0.1, 0.15) is 9.96 Å². The molecule has 0 bridgehead atoms. The van der Waals surface area contributed by atoms with Gasteiger partial charge in [-0.3, -0.25) is 0 Å². The molecule has 17 heavy (non-hydrogen) atoms. The minimum absolute atomic E-state index is 0.0439. The summed E-state index contributed by atoms with van der Waals surface area (Å²) in [6.07, 6.45) is 0. The van der Waals surface area contributed by atoms with Crippen molar-refractivity contribution in [2.45, 2.75) is 4.21 Å². The average molecular weight is 276 g/mol. The maximum Gasteiger partial charge on any atom is 0.196 e. The van der Waals surface area contributed by atoms with Gasteiger partial charge in [0, 0.05) is 11.5 Å². The molecule has 0 radical (unpaired) electrons. The highest BCUT2D eigenvalue weighted by molar-refractivity contribution is 7.82. The van der Waals surface area contributed by atoms with Crippen molar-refractivity contribution in [2.75, 3.05) is 14.2 Å². The second-order valence-corrected chi connectivity index (χ2v) is 5.40. The Morgan fingerprint density at radius 1 is 1.29 bits per heavy atom. The predicted octanol–water partition coefficient (Wildman–Crippen LogP) is 2.64. The molecule has 1 heterocycles. The first kappa shape index (κ1) is 12.3. The molecule has 1 aromatic carbocycles. The third-order valence-corrected chi connectivity index (χ3v) is 4.34. The van der Waals surface area contributed by atoms with Crippen molar-refractivity contribution in [1.29, 1.82) is 0 Å². The lowest BCUT2D eigenvalue weighted by atomic mass is 10.2. The van der Waals surface area contributed by atoms with Crippen molar-refractivity contribution in [3.8, 4) is 11.5 Å². The highest BCUT2D eigenvalue weighted by Crippen LogP contribution is 2.40. The molecule has 0 aliphatic heterocycles. The number of ether oxygens (including phenoxy) is 2. The second-order valence-electron chi connectivity index (χ2n) is 3.15. The lowest BCUT2D eigenvalue weighted by molar-refractivity contribution is 0.378. The number of hydrogen-bond donors (Lipinski definition) is 1. The van der Waals surface area contributed by atoms with Crippen LogP contribution in [-0.4, -0.2) is 23.0 Å². The van der Waals surface area contributed by atoms with E-state index in [0.29, 0.717) is 10.4 Å². The first-order valence-corrected chi connectivity index (χ1v) is 6.45. The Morgan fingerprint density at radius 2 is 1.94 bits per heavy atom. The fourth-order valence-electron chi connectivity index (χ4n) is 1.48. The summed E-state index contributed by atoms with van der Waals surface area (Å²) in [6.45, 7) is 0. The zero-order valence-electron chi connectivity index (χ0n) is 9.02. The summed E-state index contributed by atoms with van der Waals surface area (Å²) in [5.74, 6) is -0.0985. The van der Waals surface area contributed by atoms with Crippen LogP contribution in [0.3, 0.4) is 0 Å². The van der Waals surface area contributed by atoms with E-state index >= 15 is 0 Å². The Labute approximate surface area is 103 Å². The van der Waals surface area contributed by atoms with Crippen LogP contribution in [0.5, 0.6) is 11.5 Å². The summed E-state index contributed by atoms with van der Waals surface area (Å²) in [4.78, 5) is 0. The second kappa shape index (κ2) is 4.59. The summed E-state index contributed by atoms with van der Waals surface area (Å²) in [7, 11) is 2.79. The average Bonchev–Trinajstić information content (AvgIpc) is 2.75. The molecule has 1 atom stereocenters. The van der Waals surface area contributed by atoms with Gasteiger partial charge in [-0.1, -0.05) is 0 Å². The molecule has 4 nitrogen and oxygen atoms in total. The zero-order chi connectivity index (χ0) is 12.6. The van der Waals surface area contributed by atoms with Crippen molar-refractivity contribution >= 4 is 32.5 Å². The van der Waals surface area contributed by atoms with Crippen LogP contribution in [0.2, 0.25) is 0 Å². The molecule has 1 unspecified atom stereocenters. The molecule has 0 fully saturated rings. The molecular weight excluding hydrogens is 267 g/mol. The summed E-state index contributed by atoms with van der Waals surface area (Å²) >= 11 is -1.11. The van der Waals surface area contributed by atoms with E-state index in [9.17, 15) is 8.60 Å². The van der Waals surface area contributed by atoms with E-state index < -0.39 is 16.9 Å². The predicted molar refractivity (Wildman–Crippen MR) is 63.9 cm³/mol. The Balaban J connectivity index is 2.80. The smallest absolute Gasteiger partial charge is 0.196 e. The molecule has 0 aliphatic carbocycles. The fraction of sp³-hybridized carbons (Fsp3) is 0.200. The molecule has 1 N–H and O–H groups in total. The highest BCUT2D eigenvalue weighted by Gasteiger charge is 2.18. The van der Waals surface area contributed by atoms with E-state index in [1.165, 1.54) is 26.4 Å². The molecule has 0 saturated carbocycles. The van der Waals surface area contributed by atoms with Gasteiger partial charge in [-0.15, -0.1) is 11.3 Å². The summed E-state index contributed by atoms with van der Waals surface area (Å²) in [5, 5.41) is 0.226. The lowest BCUT2D eigenvalue weighted by Crippen LogP contribution is -1.91. The first-order valence-electron chi connectivity index (χ1n) is 4.53. The molecule has 2 rings (SSSR count). The largest absolute Gasteiger partial charge is 0.495 e. The van der Waals surface area contributed by atoms with Crippen molar-refractivity contribution in [3.63, 3.8) is 0 Å². The number of benzene rings is 1. The van der Waals surface area contributed by atoms with Gasteiger partial charge in [0.2, 0.25) is 0 Å². The third kappa shape index (κ3) is 2.01. The van der Waals surface area contributed by atoms with E-state index in [2.05, 4.69) is 0 Å². The summed E-state index contributed by atoms with van der Waals surface area (Å²) < 4.78 is 44.5. The molecule has 0 aliphatic rings. The molecule has 0 saturated heterocycles. The number of fused-ring (bicyclic) bond motifs is 1. The summed E-state index contributed by atoms with van der Waals surface area (Å²) in [5.41, 5.74) is 0.